The van der Waals surface area contributed by atoms with E-state index in [2.05, 4.69) is 9.97 Å². The highest BCUT2D eigenvalue weighted by Crippen LogP contribution is 2.16. The summed E-state index contributed by atoms with van der Waals surface area (Å²) in [6.45, 7) is 1.92. The first-order chi connectivity index (χ1) is 6.77. The van der Waals surface area contributed by atoms with E-state index in [0.717, 1.165) is 17.1 Å². The molecule has 1 unspecified atom stereocenters. The predicted molar refractivity (Wildman–Crippen MR) is 56.6 cm³/mol. The van der Waals surface area contributed by atoms with E-state index in [-0.39, 0.29) is 6.04 Å². The number of hydrogen-bond acceptors (Lipinski definition) is 2. The third kappa shape index (κ3) is 1.67. The van der Waals surface area contributed by atoms with Crippen molar-refractivity contribution < 1.29 is 0 Å². The molecule has 1 aromatic carbocycles. The normalized spacial score (nSPS) is 12.7. The maximum Gasteiger partial charge on any atom is 0.137 e. The second kappa shape index (κ2) is 3.64. The fourth-order valence-corrected chi connectivity index (χ4v) is 1.31. The summed E-state index contributed by atoms with van der Waals surface area (Å²) in [5.41, 5.74) is 7.70. The molecule has 14 heavy (non-hydrogen) atoms. The van der Waals surface area contributed by atoms with Gasteiger partial charge in [-0.25, -0.2) is 4.98 Å². The number of aromatic amines is 1. The molecule has 0 saturated heterocycles. The first-order valence-corrected chi connectivity index (χ1v) is 4.63. The van der Waals surface area contributed by atoms with Crippen LogP contribution in [0.4, 0.5) is 0 Å². The molecule has 0 radical (unpaired) electrons. The summed E-state index contributed by atoms with van der Waals surface area (Å²) in [7, 11) is 0. The van der Waals surface area contributed by atoms with Crippen molar-refractivity contribution >= 4 is 0 Å². The highest BCUT2D eigenvalue weighted by Gasteiger charge is 2.05. The molecule has 1 heterocycles. The lowest BCUT2D eigenvalue weighted by molar-refractivity contribution is 0.789. The van der Waals surface area contributed by atoms with E-state index in [1.807, 2.05) is 43.5 Å². The maximum absolute atomic E-state index is 5.72. The van der Waals surface area contributed by atoms with E-state index in [9.17, 15) is 0 Å². The third-order valence-corrected chi connectivity index (χ3v) is 2.11. The number of aromatic nitrogens is 2. The fraction of sp³-hybridized carbons (Fsp3) is 0.182. The standard InChI is InChI=1S/C11H13N3/c1-8(12)10-7-13-11(14-10)9-5-3-2-4-6-9/h2-8H,12H2,1H3,(H,13,14). The molecule has 72 valence electrons. The van der Waals surface area contributed by atoms with Gasteiger partial charge in [-0.2, -0.15) is 0 Å². The Morgan fingerprint density at radius 2 is 2.00 bits per heavy atom. The van der Waals surface area contributed by atoms with Gasteiger partial charge in [0.2, 0.25) is 0 Å². The smallest absolute Gasteiger partial charge is 0.137 e. The molecule has 0 fully saturated rings. The van der Waals surface area contributed by atoms with Crippen LogP contribution in [-0.2, 0) is 0 Å². The first-order valence-electron chi connectivity index (χ1n) is 4.63. The largest absolute Gasteiger partial charge is 0.344 e. The molecule has 1 aromatic heterocycles. The molecule has 2 aromatic rings. The van der Waals surface area contributed by atoms with Crippen LogP contribution < -0.4 is 5.73 Å². The molecule has 0 aliphatic carbocycles. The van der Waals surface area contributed by atoms with Gasteiger partial charge in [0.25, 0.3) is 0 Å². The molecule has 1 atom stereocenters. The van der Waals surface area contributed by atoms with E-state index >= 15 is 0 Å². The number of hydrogen-bond donors (Lipinski definition) is 2. The molecular weight excluding hydrogens is 174 g/mol. The summed E-state index contributed by atoms with van der Waals surface area (Å²) in [6.07, 6.45) is 1.85. The van der Waals surface area contributed by atoms with Crippen molar-refractivity contribution in [1.29, 1.82) is 0 Å². The van der Waals surface area contributed by atoms with Crippen molar-refractivity contribution in [2.24, 2.45) is 5.73 Å². The molecule has 0 spiro atoms. The van der Waals surface area contributed by atoms with E-state index in [4.69, 9.17) is 5.73 Å². The zero-order valence-electron chi connectivity index (χ0n) is 8.07. The van der Waals surface area contributed by atoms with Gasteiger partial charge in [0.1, 0.15) is 5.82 Å². The molecule has 0 saturated carbocycles. The van der Waals surface area contributed by atoms with Gasteiger partial charge in [-0.1, -0.05) is 30.3 Å². The fourth-order valence-electron chi connectivity index (χ4n) is 1.31. The lowest BCUT2D eigenvalue weighted by Crippen LogP contribution is -2.04. The van der Waals surface area contributed by atoms with E-state index < -0.39 is 0 Å². The minimum atomic E-state index is -0.0243. The zero-order valence-corrected chi connectivity index (χ0v) is 8.07. The van der Waals surface area contributed by atoms with Crippen molar-refractivity contribution in [3.63, 3.8) is 0 Å². The number of benzene rings is 1. The van der Waals surface area contributed by atoms with Gasteiger partial charge in [-0.3, -0.25) is 0 Å². The summed E-state index contributed by atoms with van der Waals surface area (Å²) < 4.78 is 0. The van der Waals surface area contributed by atoms with Gasteiger partial charge in [-0.15, -0.1) is 0 Å². The minimum Gasteiger partial charge on any atom is -0.344 e. The second-order valence-electron chi connectivity index (χ2n) is 3.33. The number of imidazole rings is 1. The topological polar surface area (TPSA) is 54.7 Å². The van der Waals surface area contributed by atoms with E-state index in [1.54, 1.807) is 0 Å². The average Bonchev–Trinajstić information content (AvgIpc) is 2.68. The van der Waals surface area contributed by atoms with Crippen LogP contribution in [-0.4, -0.2) is 9.97 Å². The third-order valence-electron chi connectivity index (χ3n) is 2.11. The van der Waals surface area contributed by atoms with Crippen molar-refractivity contribution in [2.45, 2.75) is 13.0 Å². The van der Waals surface area contributed by atoms with Gasteiger partial charge < -0.3 is 10.7 Å². The quantitative estimate of drug-likeness (QED) is 0.756. The van der Waals surface area contributed by atoms with Crippen molar-refractivity contribution in [3.8, 4) is 11.4 Å². The highest BCUT2D eigenvalue weighted by molar-refractivity contribution is 5.54. The predicted octanol–water partition coefficient (Wildman–Crippen LogP) is 2.10. The monoisotopic (exact) mass is 187 g/mol. The molecule has 3 nitrogen and oxygen atoms in total. The lowest BCUT2D eigenvalue weighted by Gasteiger charge is -1.97. The van der Waals surface area contributed by atoms with E-state index in [1.165, 1.54) is 0 Å². The average molecular weight is 187 g/mol. The Balaban J connectivity index is 2.34. The Bertz CT molecular complexity index is 403. The number of nitrogens with zero attached hydrogens (tertiary/aromatic N) is 1. The van der Waals surface area contributed by atoms with Crippen molar-refractivity contribution in [1.82, 2.24) is 9.97 Å². The maximum atomic E-state index is 5.72. The molecule has 0 aliphatic heterocycles. The second-order valence-corrected chi connectivity index (χ2v) is 3.33. The van der Waals surface area contributed by atoms with Crippen LogP contribution in [0.3, 0.4) is 0 Å². The number of H-pyrrole nitrogens is 1. The molecule has 2 rings (SSSR count). The van der Waals surface area contributed by atoms with Gasteiger partial charge in [-0.05, 0) is 6.92 Å². The Labute approximate surface area is 83.0 Å². The van der Waals surface area contributed by atoms with Gasteiger partial charge >= 0.3 is 0 Å². The lowest BCUT2D eigenvalue weighted by atomic mass is 10.2. The number of rotatable bonds is 2. The van der Waals surface area contributed by atoms with Gasteiger partial charge in [0.15, 0.2) is 0 Å². The minimum absolute atomic E-state index is 0.0243. The summed E-state index contributed by atoms with van der Waals surface area (Å²) in [4.78, 5) is 7.51. The first kappa shape index (κ1) is 8.97. The summed E-state index contributed by atoms with van der Waals surface area (Å²) in [5, 5.41) is 0. The van der Waals surface area contributed by atoms with E-state index in [0.29, 0.717) is 0 Å². The van der Waals surface area contributed by atoms with Crippen molar-refractivity contribution in [2.75, 3.05) is 0 Å². The van der Waals surface area contributed by atoms with Gasteiger partial charge in [0.05, 0.1) is 5.69 Å². The summed E-state index contributed by atoms with van der Waals surface area (Å²) in [6, 6.07) is 9.97. The zero-order chi connectivity index (χ0) is 9.97. The van der Waals surface area contributed by atoms with Crippen molar-refractivity contribution in [3.05, 3.63) is 42.2 Å². The number of nitrogens with two attached hydrogens (primary N) is 1. The van der Waals surface area contributed by atoms with Gasteiger partial charge in [0, 0.05) is 17.8 Å². The Kier molecular flexibility index (Phi) is 2.33. The molecular formula is C11H13N3. The molecule has 3 N–H and O–H groups in total. The SMILES string of the molecule is CC(N)c1c[nH]c(-c2ccccc2)n1. The Hall–Kier alpha value is -1.61. The van der Waals surface area contributed by atoms with Crippen LogP contribution in [0.15, 0.2) is 36.5 Å². The van der Waals surface area contributed by atoms with Crippen LogP contribution in [0.5, 0.6) is 0 Å². The molecule has 0 amide bonds. The Morgan fingerprint density at radius 3 is 2.57 bits per heavy atom. The molecule has 0 bridgehead atoms. The van der Waals surface area contributed by atoms with Crippen LogP contribution in [0.25, 0.3) is 11.4 Å². The van der Waals surface area contributed by atoms with Crippen LogP contribution >= 0.6 is 0 Å². The van der Waals surface area contributed by atoms with Crippen LogP contribution in [0.2, 0.25) is 0 Å². The summed E-state index contributed by atoms with van der Waals surface area (Å²) in [5.74, 6) is 0.873. The van der Waals surface area contributed by atoms with Crippen LogP contribution in [0.1, 0.15) is 18.7 Å². The highest BCUT2D eigenvalue weighted by atomic mass is 14.9. The molecule has 3 heteroatoms. The van der Waals surface area contributed by atoms with Crippen LogP contribution in [0, 0.1) is 0 Å². The summed E-state index contributed by atoms with van der Waals surface area (Å²) >= 11 is 0. The Morgan fingerprint density at radius 1 is 1.29 bits per heavy atom. The number of nitrogens with one attached hydrogen (secondary N) is 1. The molecule has 0 aliphatic rings.